The van der Waals surface area contributed by atoms with E-state index in [0.29, 0.717) is 37.7 Å². The fourth-order valence-electron chi connectivity index (χ4n) is 8.75. The van der Waals surface area contributed by atoms with Crippen molar-refractivity contribution in [1.29, 1.82) is 0 Å². The number of methoxy groups -OCH3 is 1. The van der Waals surface area contributed by atoms with Crippen molar-refractivity contribution >= 4 is 45.5 Å². The lowest BCUT2D eigenvalue weighted by molar-refractivity contribution is -0.189. The van der Waals surface area contributed by atoms with E-state index in [1.54, 1.807) is 25.1 Å². The first-order valence-electron chi connectivity index (χ1n) is 20.0. The largest absolute Gasteiger partial charge is 0.462 e. The number of aliphatic hydroxyl groups is 1. The van der Waals surface area contributed by atoms with Crippen LogP contribution >= 0.6 is 11.8 Å². The van der Waals surface area contributed by atoms with Gasteiger partial charge in [0.15, 0.2) is 0 Å². The number of aromatic nitrogens is 2. The lowest BCUT2D eigenvalue weighted by Gasteiger charge is -2.40. The van der Waals surface area contributed by atoms with Crippen molar-refractivity contribution in [2.45, 2.75) is 90.8 Å². The lowest BCUT2D eigenvalue weighted by Crippen LogP contribution is -2.67. The summed E-state index contributed by atoms with van der Waals surface area (Å²) in [5, 5.41) is 17.9. The van der Waals surface area contributed by atoms with Crippen LogP contribution < -0.4 is 10.7 Å². The Morgan fingerprint density at radius 1 is 1.20 bits per heavy atom. The number of thioether (sulfide) groups is 1. The van der Waals surface area contributed by atoms with Crippen LogP contribution in [0.15, 0.2) is 41.5 Å². The molecule has 7 atom stereocenters. The number of hydrogen-bond acceptors (Lipinski definition) is 11. The van der Waals surface area contributed by atoms with Crippen LogP contribution in [-0.2, 0) is 41.6 Å². The Labute approximate surface area is 332 Å². The molecule has 8 rings (SSSR count). The molecule has 0 radical (unpaired) electrons. The van der Waals surface area contributed by atoms with Gasteiger partial charge in [0, 0.05) is 78.7 Å². The van der Waals surface area contributed by atoms with Crippen LogP contribution in [0.4, 0.5) is 0 Å². The van der Waals surface area contributed by atoms with E-state index in [2.05, 4.69) is 53.4 Å². The Kier molecular flexibility index (Phi) is 10.6. The topological polar surface area (TPSA) is 157 Å². The van der Waals surface area contributed by atoms with Crippen molar-refractivity contribution in [3.63, 3.8) is 0 Å². The molecule has 1 saturated carbocycles. The smallest absolute Gasteiger partial charge is 0.355 e. The zero-order chi connectivity index (χ0) is 39.5. The Morgan fingerprint density at radius 3 is 2.70 bits per heavy atom. The first kappa shape index (κ1) is 39.0. The van der Waals surface area contributed by atoms with E-state index in [1.165, 1.54) is 5.01 Å². The van der Waals surface area contributed by atoms with Crippen LogP contribution in [0.5, 0.6) is 0 Å². The number of aliphatic imine (C=N–C) groups is 1. The highest BCUT2D eigenvalue weighted by molar-refractivity contribution is 8.14. The van der Waals surface area contributed by atoms with Crippen LogP contribution in [0.2, 0.25) is 0 Å². The summed E-state index contributed by atoms with van der Waals surface area (Å²) >= 11 is 1.60. The third-order valence-corrected chi connectivity index (χ3v) is 13.6. The van der Waals surface area contributed by atoms with Gasteiger partial charge in [-0.25, -0.2) is 4.79 Å². The molecule has 5 aliphatic rings. The molecule has 2 aromatic heterocycles. The standard InChI is InChI=1S/C42H54N6O7S/c1-23-24(2)35(23)38(49)45-31-16-34-44-32(21-56-34)27-10-11-33-29(15-27)30(17-41(4,5)22-55-40(51)42(52)12-8-14-48(46-42)39(31)50)37(47(33)18-26-19-54-20-26)28-9-7-13-43-36(28)25(3)53-6/h7,9-11,13,15,23-26,31-32,35,46,52H,8,12,14,16-22H2,1-6H3,(H,45,49)/t23-,24+,25-,31-,32?,35?,42-/m0/s1. The number of hydrogen-bond donors (Lipinski definition) is 3. The Balaban J connectivity index is 1.25. The van der Waals surface area contributed by atoms with E-state index in [4.69, 9.17) is 24.2 Å². The van der Waals surface area contributed by atoms with Gasteiger partial charge in [-0.2, -0.15) is 5.43 Å². The van der Waals surface area contributed by atoms with Gasteiger partial charge >= 0.3 is 5.97 Å². The number of esters is 1. The molecular weight excluding hydrogens is 733 g/mol. The number of nitrogens with zero attached hydrogens (tertiary/aromatic N) is 4. The predicted octanol–water partition coefficient (Wildman–Crippen LogP) is 4.96. The van der Waals surface area contributed by atoms with Crippen molar-refractivity contribution in [3.8, 4) is 11.3 Å². The molecule has 1 aliphatic carbocycles. The molecule has 2 amide bonds. The third-order valence-electron chi connectivity index (χ3n) is 12.5. The van der Waals surface area contributed by atoms with E-state index in [1.807, 2.05) is 26.8 Å². The maximum Gasteiger partial charge on any atom is 0.355 e. The molecule has 3 fully saturated rings. The lowest BCUT2D eigenvalue weighted by atomic mass is 9.84. The molecule has 56 heavy (non-hydrogen) atoms. The van der Waals surface area contributed by atoms with Crippen LogP contribution in [-0.4, -0.2) is 93.5 Å². The normalized spacial score (nSPS) is 29.9. The summed E-state index contributed by atoms with van der Waals surface area (Å²) in [6.07, 6.45) is 2.72. The number of pyridine rings is 1. The molecule has 3 aromatic rings. The van der Waals surface area contributed by atoms with Gasteiger partial charge in [0.2, 0.25) is 11.6 Å². The Hall–Kier alpha value is -3.82. The number of amides is 2. The second-order valence-electron chi connectivity index (χ2n) is 17.3. The highest BCUT2D eigenvalue weighted by atomic mass is 32.2. The van der Waals surface area contributed by atoms with Gasteiger partial charge in [-0.05, 0) is 67.0 Å². The summed E-state index contributed by atoms with van der Waals surface area (Å²) < 4.78 is 19.8. The van der Waals surface area contributed by atoms with Crippen LogP contribution in [0, 0.1) is 29.1 Å². The molecule has 6 bridgehead atoms. The molecule has 1 aromatic carbocycles. The summed E-state index contributed by atoms with van der Waals surface area (Å²) in [5.41, 5.74) is 6.23. The molecule has 14 heteroatoms. The SMILES string of the molecule is CO[C@@H](C)c1ncccc1-c1c2c3cc(ccc3n1CC1COC1)C1CSC(=N1)C[C@H](NC(=O)C1[C@@H](C)[C@H]1C)C(=O)N1CCC[C@@](O)(N1)C(=O)OCC(C)(C)C2. The van der Waals surface area contributed by atoms with Gasteiger partial charge in [-0.3, -0.25) is 24.6 Å². The molecule has 2 unspecified atom stereocenters. The second-order valence-corrected chi connectivity index (χ2v) is 18.4. The zero-order valence-corrected chi connectivity index (χ0v) is 34.0. The fraction of sp³-hybridized carbons (Fsp3) is 0.595. The maximum atomic E-state index is 14.2. The second kappa shape index (κ2) is 15.2. The number of ether oxygens (including phenoxy) is 3. The van der Waals surface area contributed by atoms with Crippen LogP contribution in [0.3, 0.4) is 0 Å². The van der Waals surface area contributed by atoms with Gasteiger partial charge in [0.05, 0.1) is 48.4 Å². The average Bonchev–Trinajstić information content (AvgIpc) is 3.44. The van der Waals surface area contributed by atoms with Gasteiger partial charge < -0.3 is 29.2 Å². The molecular formula is C42H54N6O7S. The van der Waals surface area contributed by atoms with E-state index in [9.17, 15) is 19.5 Å². The highest BCUT2D eigenvalue weighted by Gasteiger charge is 2.50. The van der Waals surface area contributed by atoms with Gasteiger partial charge in [0.25, 0.3) is 5.91 Å². The molecule has 6 heterocycles. The molecule has 4 aliphatic heterocycles. The number of benzene rings is 1. The summed E-state index contributed by atoms with van der Waals surface area (Å²) in [7, 11) is 1.69. The van der Waals surface area contributed by atoms with Crippen molar-refractivity contribution in [2.24, 2.45) is 34.1 Å². The summed E-state index contributed by atoms with van der Waals surface area (Å²) in [6.45, 7) is 12.6. The summed E-state index contributed by atoms with van der Waals surface area (Å²) in [4.78, 5) is 51.4. The average molecular weight is 787 g/mol. The number of carbonyl (C=O) groups is 3. The number of cyclic esters (lactones) is 1. The quantitative estimate of drug-likeness (QED) is 0.280. The molecule has 13 nitrogen and oxygen atoms in total. The molecule has 3 N–H and O–H groups in total. The van der Waals surface area contributed by atoms with Crippen LogP contribution in [0.25, 0.3) is 22.2 Å². The number of carbonyl (C=O) groups excluding carboxylic acids is 3. The fourth-order valence-corrected chi connectivity index (χ4v) is 9.86. The van der Waals surface area contributed by atoms with Gasteiger partial charge in [-0.1, -0.05) is 33.8 Å². The van der Waals surface area contributed by atoms with Gasteiger partial charge in [-0.15, -0.1) is 11.8 Å². The summed E-state index contributed by atoms with van der Waals surface area (Å²) in [5.74, 6) is -0.0872. The molecule has 2 saturated heterocycles. The minimum atomic E-state index is -2.12. The molecule has 0 spiro atoms. The minimum absolute atomic E-state index is 0.0176. The monoisotopic (exact) mass is 786 g/mol. The first-order valence-corrected chi connectivity index (χ1v) is 20.9. The van der Waals surface area contributed by atoms with Crippen molar-refractivity contribution < 1.29 is 33.7 Å². The molecule has 300 valence electrons. The van der Waals surface area contributed by atoms with E-state index in [0.717, 1.165) is 50.6 Å². The number of rotatable bonds is 7. The van der Waals surface area contributed by atoms with Crippen LogP contribution in [0.1, 0.15) is 82.8 Å². The maximum absolute atomic E-state index is 14.2. The first-order chi connectivity index (χ1) is 26.8. The summed E-state index contributed by atoms with van der Waals surface area (Å²) in [6, 6.07) is 9.59. The van der Waals surface area contributed by atoms with Crippen molar-refractivity contribution in [2.75, 3.05) is 39.2 Å². The predicted molar refractivity (Wildman–Crippen MR) is 213 cm³/mol. The van der Waals surface area contributed by atoms with E-state index >= 15 is 0 Å². The Morgan fingerprint density at radius 2 is 1.98 bits per heavy atom. The van der Waals surface area contributed by atoms with Gasteiger partial charge in [0.1, 0.15) is 6.04 Å². The third kappa shape index (κ3) is 7.39. The number of hydrazine groups is 1. The zero-order valence-electron chi connectivity index (χ0n) is 33.2. The van der Waals surface area contributed by atoms with Crippen molar-refractivity contribution in [3.05, 3.63) is 53.3 Å². The van der Waals surface area contributed by atoms with E-state index < -0.39 is 29.1 Å². The number of fused-ring (bicyclic) bond motifs is 5. The highest BCUT2D eigenvalue weighted by Crippen LogP contribution is 2.46. The van der Waals surface area contributed by atoms with Crippen molar-refractivity contribution in [1.82, 2.24) is 25.3 Å². The van der Waals surface area contributed by atoms with E-state index in [-0.39, 0.29) is 61.8 Å². The minimum Gasteiger partial charge on any atom is -0.462 e. The number of nitrogens with one attached hydrogen (secondary N) is 2. The Bertz CT molecular complexity index is 2060.